The molecule has 496 valence electrons. The van der Waals surface area contributed by atoms with Gasteiger partial charge < -0.3 is 45.1 Å². The van der Waals surface area contributed by atoms with E-state index >= 15 is 0 Å². The smallest absolute Gasteiger partial charge is 0.306 e. The van der Waals surface area contributed by atoms with Crippen molar-refractivity contribution in [2.45, 2.75) is 384 Å². The van der Waals surface area contributed by atoms with Crippen LogP contribution < -0.4 is 5.32 Å². The van der Waals surface area contributed by atoms with E-state index in [0.717, 1.165) is 83.5 Å². The molecule has 0 spiro atoms. The Morgan fingerprint density at radius 2 is 0.812 bits per heavy atom. The van der Waals surface area contributed by atoms with Crippen LogP contribution in [0.1, 0.15) is 335 Å². The fourth-order valence-corrected chi connectivity index (χ4v) is 11.2. The molecule has 1 saturated heterocycles. The lowest BCUT2D eigenvalue weighted by atomic mass is 9.99. The van der Waals surface area contributed by atoms with E-state index in [2.05, 4.69) is 74.7 Å². The van der Waals surface area contributed by atoms with Crippen molar-refractivity contribution >= 4 is 11.9 Å². The van der Waals surface area contributed by atoms with E-state index < -0.39 is 67.4 Å². The van der Waals surface area contributed by atoms with Crippen LogP contribution in [0.25, 0.3) is 0 Å². The van der Waals surface area contributed by atoms with Crippen LogP contribution in [0.4, 0.5) is 0 Å². The Bertz CT molecular complexity index is 1620. The Hall–Kier alpha value is -2.64. The van der Waals surface area contributed by atoms with Gasteiger partial charge in [0.25, 0.3) is 0 Å². The zero-order valence-corrected chi connectivity index (χ0v) is 55.2. The van der Waals surface area contributed by atoms with Gasteiger partial charge in [0.15, 0.2) is 12.4 Å². The molecule has 85 heavy (non-hydrogen) atoms. The molecule has 1 fully saturated rings. The molecule has 6 N–H and O–H groups in total. The molecular weight excluding hydrogens is 1060 g/mol. The molecular formula is C74H135NO10. The van der Waals surface area contributed by atoms with E-state index in [1.807, 2.05) is 6.08 Å². The highest BCUT2D eigenvalue weighted by Gasteiger charge is 2.47. The van der Waals surface area contributed by atoms with Crippen LogP contribution in [0.2, 0.25) is 0 Å². The number of nitrogens with one attached hydrogen (secondary N) is 1. The number of aliphatic hydroxyl groups excluding tert-OH is 5. The molecule has 1 amide bonds. The first-order valence-electron chi connectivity index (χ1n) is 36.1. The first kappa shape index (κ1) is 80.4. The van der Waals surface area contributed by atoms with E-state index in [1.54, 1.807) is 6.08 Å². The first-order chi connectivity index (χ1) is 41.7. The Morgan fingerprint density at radius 3 is 1.25 bits per heavy atom. The Morgan fingerprint density at radius 1 is 0.459 bits per heavy atom. The lowest BCUT2D eigenvalue weighted by Gasteiger charge is -2.41. The van der Waals surface area contributed by atoms with Crippen LogP contribution in [0, 0.1) is 0 Å². The molecule has 1 aliphatic heterocycles. The summed E-state index contributed by atoms with van der Waals surface area (Å²) in [7, 11) is 0. The predicted molar refractivity (Wildman–Crippen MR) is 356 cm³/mol. The second kappa shape index (κ2) is 61.6. The number of amides is 1. The van der Waals surface area contributed by atoms with Gasteiger partial charge in [-0.05, 0) is 89.9 Å². The SMILES string of the molecule is CCCCC/C=C\C/C=C\C/C=C\CCCCCCCCCCC(=O)OC1C(OCC(NC(=O)C(O)CCCCCCCCCCCCCCCC/C=C/CCCCCCCC)C(O)/C=C/CCCCCCCCCCC)OC(CO)C(O)C1O. The number of hydrogen-bond donors (Lipinski definition) is 6. The summed E-state index contributed by atoms with van der Waals surface area (Å²) in [6, 6.07) is -1.03. The molecule has 0 aliphatic carbocycles. The highest BCUT2D eigenvalue weighted by Crippen LogP contribution is 2.26. The van der Waals surface area contributed by atoms with Crippen molar-refractivity contribution in [1.82, 2.24) is 5.32 Å². The number of unbranched alkanes of at least 4 members (excludes halogenated alkanes) is 40. The zero-order valence-electron chi connectivity index (χ0n) is 55.2. The summed E-state index contributed by atoms with van der Waals surface area (Å²) in [5, 5.41) is 57.2. The Kier molecular flexibility index (Phi) is 58.2. The van der Waals surface area contributed by atoms with Gasteiger partial charge in [0.2, 0.25) is 5.91 Å². The maximum atomic E-state index is 13.5. The topological polar surface area (TPSA) is 175 Å². The average Bonchev–Trinajstić information content (AvgIpc) is 2.91. The Balaban J connectivity index is 2.55. The third kappa shape index (κ3) is 48.9. The molecule has 11 nitrogen and oxygen atoms in total. The third-order valence-corrected chi connectivity index (χ3v) is 16.9. The number of aliphatic hydroxyl groups is 5. The summed E-state index contributed by atoms with van der Waals surface area (Å²) in [4.78, 5) is 26.7. The molecule has 1 heterocycles. The third-order valence-electron chi connectivity index (χ3n) is 16.9. The van der Waals surface area contributed by atoms with Crippen LogP contribution in [0.3, 0.4) is 0 Å². The second-order valence-electron chi connectivity index (χ2n) is 25.0. The van der Waals surface area contributed by atoms with Gasteiger partial charge in [0.05, 0.1) is 25.4 Å². The fourth-order valence-electron chi connectivity index (χ4n) is 11.2. The van der Waals surface area contributed by atoms with Crippen LogP contribution in [0.15, 0.2) is 60.8 Å². The monoisotopic (exact) mass is 1200 g/mol. The lowest BCUT2D eigenvalue weighted by Crippen LogP contribution is -2.61. The minimum Gasteiger partial charge on any atom is -0.454 e. The van der Waals surface area contributed by atoms with Crippen molar-refractivity contribution in [3.63, 3.8) is 0 Å². The first-order valence-corrected chi connectivity index (χ1v) is 36.1. The zero-order chi connectivity index (χ0) is 61.7. The van der Waals surface area contributed by atoms with Crippen molar-refractivity contribution in [2.24, 2.45) is 0 Å². The number of allylic oxidation sites excluding steroid dienone is 9. The molecule has 0 aromatic rings. The number of hydrogen-bond acceptors (Lipinski definition) is 10. The van der Waals surface area contributed by atoms with Crippen LogP contribution in [0.5, 0.6) is 0 Å². The highest BCUT2D eigenvalue weighted by molar-refractivity contribution is 5.80. The summed E-state index contributed by atoms with van der Waals surface area (Å²) in [5.74, 6) is -1.19. The molecule has 0 aromatic heterocycles. The fraction of sp³-hybridized carbons (Fsp3) is 0.838. The van der Waals surface area contributed by atoms with E-state index in [-0.39, 0.29) is 13.0 Å². The largest absolute Gasteiger partial charge is 0.454 e. The van der Waals surface area contributed by atoms with Gasteiger partial charge in [-0.2, -0.15) is 0 Å². The van der Waals surface area contributed by atoms with Gasteiger partial charge >= 0.3 is 5.97 Å². The molecule has 8 atom stereocenters. The van der Waals surface area contributed by atoms with Crippen molar-refractivity contribution < 1.29 is 49.3 Å². The van der Waals surface area contributed by atoms with Gasteiger partial charge in [0.1, 0.15) is 24.4 Å². The molecule has 11 heteroatoms. The molecule has 0 saturated carbocycles. The summed E-state index contributed by atoms with van der Waals surface area (Å²) in [5.41, 5.74) is 0. The van der Waals surface area contributed by atoms with E-state index in [0.29, 0.717) is 19.3 Å². The van der Waals surface area contributed by atoms with Gasteiger partial charge in [-0.1, -0.05) is 300 Å². The quantitative estimate of drug-likeness (QED) is 0.0195. The van der Waals surface area contributed by atoms with Crippen molar-refractivity contribution in [3.8, 4) is 0 Å². The standard InChI is InChI=1S/C74H135NO10/c1-4-7-10-13-16-19-22-24-26-28-30-32-33-34-36-37-39-41-43-46-49-52-55-58-61-67(78)73(82)75-65(66(77)60-57-54-51-48-45-21-18-15-12-9-6-3)64-83-74-72(71(81)70(80)68(63-76)84-74)85-69(79)62-59-56-53-50-47-44-42-40-38-35-31-29-27-25-23-20-17-14-11-8-5-2/h17,20,24-27,31,35,57,60,65-68,70-72,74,76-78,80-81H,4-16,18-19,21-23,28-30,32-34,36-56,58-59,61-64H2,1-3H3,(H,75,82)/b20-17-,26-24+,27-25-,35-31-,60-57+. The number of esters is 1. The summed E-state index contributed by atoms with van der Waals surface area (Å²) >= 11 is 0. The number of carbonyl (C=O) groups is 2. The van der Waals surface area contributed by atoms with Gasteiger partial charge in [-0.3, -0.25) is 9.59 Å². The Labute approximate surface area is 522 Å². The molecule has 0 bridgehead atoms. The normalized spacial score (nSPS) is 18.7. The van der Waals surface area contributed by atoms with Crippen molar-refractivity contribution in [3.05, 3.63) is 60.8 Å². The molecule has 1 rings (SSSR count). The lowest BCUT2D eigenvalue weighted by molar-refractivity contribution is -0.305. The average molecular weight is 1200 g/mol. The van der Waals surface area contributed by atoms with Gasteiger partial charge in [0, 0.05) is 6.42 Å². The maximum absolute atomic E-state index is 13.5. The van der Waals surface area contributed by atoms with Crippen molar-refractivity contribution in [2.75, 3.05) is 13.2 Å². The summed E-state index contributed by atoms with van der Waals surface area (Å²) < 4.78 is 17.7. The molecule has 1 aliphatic rings. The van der Waals surface area contributed by atoms with E-state index in [1.165, 1.54) is 205 Å². The second-order valence-corrected chi connectivity index (χ2v) is 25.0. The molecule has 0 radical (unpaired) electrons. The van der Waals surface area contributed by atoms with E-state index in [9.17, 15) is 35.1 Å². The number of rotatable bonds is 62. The molecule has 0 aromatic carbocycles. The number of ether oxygens (including phenoxy) is 3. The van der Waals surface area contributed by atoms with Gasteiger partial charge in [-0.25, -0.2) is 0 Å². The highest BCUT2D eigenvalue weighted by atomic mass is 16.7. The van der Waals surface area contributed by atoms with Gasteiger partial charge in [-0.15, -0.1) is 0 Å². The minimum absolute atomic E-state index is 0.115. The van der Waals surface area contributed by atoms with Crippen LogP contribution in [-0.4, -0.2) is 99.6 Å². The predicted octanol–water partition coefficient (Wildman–Crippen LogP) is 18.5. The summed E-state index contributed by atoms with van der Waals surface area (Å²) in [6.07, 6.45) is 68.4. The minimum atomic E-state index is -1.62. The maximum Gasteiger partial charge on any atom is 0.306 e. The summed E-state index contributed by atoms with van der Waals surface area (Å²) in [6.45, 7) is 5.79. The van der Waals surface area contributed by atoms with E-state index in [4.69, 9.17) is 14.2 Å². The van der Waals surface area contributed by atoms with Crippen LogP contribution >= 0.6 is 0 Å². The van der Waals surface area contributed by atoms with Crippen molar-refractivity contribution in [1.29, 1.82) is 0 Å². The molecule has 8 unspecified atom stereocenters. The number of carbonyl (C=O) groups excluding carboxylic acids is 2. The van der Waals surface area contributed by atoms with Crippen LogP contribution in [-0.2, 0) is 23.8 Å².